The summed E-state index contributed by atoms with van der Waals surface area (Å²) in [6.07, 6.45) is 3.54. The van der Waals surface area contributed by atoms with Crippen molar-refractivity contribution >= 4 is 15.9 Å². The maximum atomic E-state index is 5.85. The van der Waals surface area contributed by atoms with E-state index in [1.165, 1.54) is 12.8 Å². The Morgan fingerprint density at radius 1 is 1.50 bits per heavy atom. The van der Waals surface area contributed by atoms with E-state index in [1.54, 1.807) is 0 Å². The Bertz CT molecular complexity index is 181. The van der Waals surface area contributed by atoms with Crippen LogP contribution < -0.4 is 0 Å². The van der Waals surface area contributed by atoms with Gasteiger partial charge in [0.2, 0.25) is 0 Å². The van der Waals surface area contributed by atoms with Crippen molar-refractivity contribution in [2.75, 3.05) is 6.61 Å². The van der Waals surface area contributed by atoms with E-state index in [9.17, 15) is 0 Å². The average molecular weight is 263 g/mol. The van der Waals surface area contributed by atoms with Crippen LogP contribution in [0.2, 0.25) is 0 Å². The van der Waals surface area contributed by atoms with Crippen LogP contribution in [0.5, 0.6) is 0 Å². The molecular formula is C12H23BrO. The monoisotopic (exact) mass is 262 g/mol. The van der Waals surface area contributed by atoms with E-state index in [0.717, 1.165) is 24.9 Å². The van der Waals surface area contributed by atoms with Crippen molar-refractivity contribution in [1.82, 2.24) is 0 Å². The molecule has 0 spiro atoms. The summed E-state index contributed by atoms with van der Waals surface area (Å²) in [5.74, 6) is 1.51. The fourth-order valence-electron chi connectivity index (χ4n) is 2.23. The summed E-state index contributed by atoms with van der Waals surface area (Å²) in [5, 5.41) is 0. The molecule has 84 valence electrons. The lowest BCUT2D eigenvalue weighted by Gasteiger charge is -2.40. The molecule has 0 amide bonds. The minimum absolute atomic E-state index is 0.129. The number of halogens is 1. The minimum atomic E-state index is 0.129. The highest BCUT2D eigenvalue weighted by molar-refractivity contribution is 9.09. The SMILES string of the molecule is CCC1(C)CC(C(Br)C(C)C)CCO1. The van der Waals surface area contributed by atoms with Crippen molar-refractivity contribution in [2.45, 2.75) is 57.4 Å². The predicted molar refractivity (Wildman–Crippen MR) is 64.9 cm³/mol. The predicted octanol–water partition coefficient (Wildman–Crippen LogP) is 4.00. The van der Waals surface area contributed by atoms with Crippen molar-refractivity contribution in [3.05, 3.63) is 0 Å². The largest absolute Gasteiger partial charge is 0.375 e. The van der Waals surface area contributed by atoms with Gasteiger partial charge in [-0.3, -0.25) is 0 Å². The standard InChI is InChI=1S/C12H23BrO/c1-5-12(4)8-10(6-7-14-12)11(13)9(2)3/h9-11H,5-8H2,1-4H3. The van der Waals surface area contributed by atoms with Crippen LogP contribution in [-0.4, -0.2) is 17.0 Å². The average Bonchev–Trinajstić information content (AvgIpc) is 2.16. The van der Waals surface area contributed by atoms with E-state index in [0.29, 0.717) is 4.83 Å². The van der Waals surface area contributed by atoms with Gasteiger partial charge in [-0.2, -0.15) is 0 Å². The lowest BCUT2D eigenvalue weighted by Crippen LogP contribution is -2.40. The zero-order valence-electron chi connectivity index (χ0n) is 9.85. The van der Waals surface area contributed by atoms with Crippen molar-refractivity contribution in [3.8, 4) is 0 Å². The molecule has 0 radical (unpaired) electrons. The van der Waals surface area contributed by atoms with Crippen LogP contribution in [-0.2, 0) is 4.74 Å². The molecule has 0 bridgehead atoms. The van der Waals surface area contributed by atoms with E-state index in [4.69, 9.17) is 4.74 Å². The molecule has 1 saturated heterocycles. The molecular weight excluding hydrogens is 240 g/mol. The van der Waals surface area contributed by atoms with Gasteiger partial charge in [0, 0.05) is 11.4 Å². The third-order valence-electron chi connectivity index (χ3n) is 3.47. The second-order valence-corrected chi connectivity index (χ2v) is 6.15. The van der Waals surface area contributed by atoms with Crippen molar-refractivity contribution < 1.29 is 4.74 Å². The highest BCUT2D eigenvalue weighted by Gasteiger charge is 2.35. The summed E-state index contributed by atoms with van der Waals surface area (Å²) in [5.41, 5.74) is 0.129. The van der Waals surface area contributed by atoms with Crippen LogP contribution in [0.1, 0.15) is 47.0 Å². The van der Waals surface area contributed by atoms with E-state index in [1.807, 2.05) is 0 Å². The summed E-state index contributed by atoms with van der Waals surface area (Å²) in [4.78, 5) is 0.650. The Morgan fingerprint density at radius 2 is 2.14 bits per heavy atom. The molecule has 0 aromatic heterocycles. The van der Waals surface area contributed by atoms with Crippen LogP contribution >= 0.6 is 15.9 Å². The zero-order valence-corrected chi connectivity index (χ0v) is 11.4. The molecule has 0 saturated carbocycles. The summed E-state index contributed by atoms with van der Waals surface area (Å²) in [6.45, 7) is 9.99. The first-order chi connectivity index (χ1) is 6.48. The number of hydrogen-bond acceptors (Lipinski definition) is 1. The van der Waals surface area contributed by atoms with Gasteiger partial charge >= 0.3 is 0 Å². The highest BCUT2D eigenvalue weighted by Crippen LogP contribution is 2.37. The molecule has 0 aliphatic carbocycles. The van der Waals surface area contributed by atoms with Gasteiger partial charge in [0.05, 0.1) is 5.60 Å². The molecule has 0 N–H and O–H groups in total. The maximum absolute atomic E-state index is 5.85. The van der Waals surface area contributed by atoms with Gasteiger partial charge in [-0.05, 0) is 38.0 Å². The lowest BCUT2D eigenvalue weighted by atomic mass is 9.81. The van der Waals surface area contributed by atoms with Gasteiger partial charge in [-0.15, -0.1) is 0 Å². The van der Waals surface area contributed by atoms with Gasteiger partial charge in [-0.1, -0.05) is 36.7 Å². The number of rotatable bonds is 3. The smallest absolute Gasteiger partial charge is 0.0655 e. The Morgan fingerprint density at radius 3 is 2.64 bits per heavy atom. The molecule has 14 heavy (non-hydrogen) atoms. The summed E-state index contributed by atoms with van der Waals surface area (Å²) in [6, 6.07) is 0. The molecule has 1 fully saturated rings. The molecule has 0 aromatic carbocycles. The second kappa shape index (κ2) is 4.98. The Hall–Kier alpha value is 0.440. The van der Waals surface area contributed by atoms with Crippen LogP contribution in [0.4, 0.5) is 0 Å². The molecule has 1 nitrogen and oxygen atoms in total. The van der Waals surface area contributed by atoms with Gasteiger partial charge in [0.25, 0.3) is 0 Å². The summed E-state index contributed by atoms with van der Waals surface area (Å²) in [7, 11) is 0. The minimum Gasteiger partial charge on any atom is -0.375 e. The third kappa shape index (κ3) is 2.96. The summed E-state index contributed by atoms with van der Waals surface area (Å²) < 4.78 is 5.85. The van der Waals surface area contributed by atoms with Gasteiger partial charge < -0.3 is 4.74 Å². The van der Waals surface area contributed by atoms with Crippen LogP contribution in [0.15, 0.2) is 0 Å². The maximum Gasteiger partial charge on any atom is 0.0655 e. The molecule has 2 heteroatoms. The zero-order chi connectivity index (χ0) is 10.8. The number of ether oxygens (including phenoxy) is 1. The van der Waals surface area contributed by atoms with E-state index in [-0.39, 0.29) is 5.60 Å². The van der Waals surface area contributed by atoms with E-state index >= 15 is 0 Å². The first-order valence-corrected chi connectivity index (χ1v) is 6.68. The molecule has 3 atom stereocenters. The third-order valence-corrected chi connectivity index (χ3v) is 5.27. The van der Waals surface area contributed by atoms with Crippen molar-refractivity contribution in [1.29, 1.82) is 0 Å². The summed E-state index contributed by atoms with van der Waals surface area (Å²) >= 11 is 3.83. The first-order valence-electron chi connectivity index (χ1n) is 5.76. The molecule has 1 rings (SSSR count). The quantitative estimate of drug-likeness (QED) is 0.699. The second-order valence-electron chi connectivity index (χ2n) is 5.09. The first kappa shape index (κ1) is 12.5. The normalized spacial score (nSPS) is 36.0. The molecule has 1 heterocycles. The number of hydrogen-bond donors (Lipinski definition) is 0. The van der Waals surface area contributed by atoms with Crippen molar-refractivity contribution in [3.63, 3.8) is 0 Å². The molecule has 1 aliphatic rings. The lowest BCUT2D eigenvalue weighted by molar-refractivity contribution is -0.0881. The van der Waals surface area contributed by atoms with Gasteiger partial charge in [-0.25, -0.2) is 0 Å². The van der Waals surface area contributed by atoms with E-state index < -0.39 is 0 Å². The highest BCUT2D eigenvalue weighted by atomic mass is 79.9. The van der Waals surface area contributed by atoms with Crippen LogP contribution in [0.25, 0.3) is 0 Å². The number of alkyl halides is 1. The topological polar surface area (TPSA) is 9.23 Å². The van der Waals surface area contributed by atoms with Crippen LogP contribution in [0.3, 0.4) is 0 Å². The Balaban J connectivity index is 2.56. The van der Waals surface area contributed by atoms with Crippen molar-refractivity contribution in [2.24, 2.45) is 11.8 Å². The molecule has 1 aliphatic heterocycles. The fourth-order valence-corrected chi connectivity index (χ4v) is 2.69. The van der Waals surface area contributed by atoms with Crippen LogP contribution in [0, 0.1) is 11.8 Å². The molecule has 3 unspecified atom stereocenters. The van der Waals surface area contributed by atoms with Gasteiger partial charge in [0.1, 0.15) is 0 Å². The molecule has 0 aromatic rings. The van der Waals surface area contributed by atoms with E-state index in [2.05, 4.69) is 43.6 Å². The van der Waals surface area contributed by atoms with Gasteiger partial charge in [0.15, 0.2) is 0 Å². The fraction of sp³-hybridized carbons (Fsp3) is 1.00. The Labute approximate surface area is 96.7 Å². The Kier molecular flexibility index (Phi) is 4.45.